The highest BCUT2D eigenvalue weighted by Crippen LogP contribution is 2.48. The number of amidine groups is 1. The van der Waals surface area contributed by atoms with Crippen LogP contribution in [0.2, 0.25) is 0 Å². The number of carbonyl (C=O) groups excluding carboxylic acids is 1. The predicted molar refractivity (Wildman–Crippen MR) is 124 cm³/mol. The van der Waals surface area contributed by atoms with Crippen molar-refractivity contribution in [1.82, 2.24) is 9.97 Å². The summed E-state index contributed by atoms with van der Waals surface area (Å²) >= 11 is 0. The molecule has 9 nitrogen and oxygen atoms in total. The molecule has 0 spiro atoms. The molecule has 2 atom stereocenters. The fourth-order valence-corrected chi connectivity index (χ4v) is 6.61. The average molecular weight is 473 g/mol. The van der Waals surface area contributed by atoms with Crippen LogP contribution in [-0.2, 0) is 21.8 Å². The van der Waals surface area contributed by atoms with E-state index < -0.39 is 25.4 Å². The summed E-state index contributed by atoms with van der Waals surface area (Å²) in [6.45, 7) is 7.48. The Bertz CT molecular complexity index is 1220. The van der Waals surface area contributed by atoms with Crippen LogP contribution >= 0.6 is 0 Å². The number of benzene rings is 1. The van der Waals surface area contributed by atoms with Gasteiger partial charge in [0.2, 0.25) is 5.88 Å². The van der Waals surface area contributed by atoms with E-state index in [2.05, 4.69) is 9.97 Å². The standard InChI is InChI=1S/C23H28N4O5S/c1-5-31-20-13-25-16(12-26-20)17(28)11-14-6-7-18-15(10-14)23(4)19(8-9-32-18)33(29,30)22(2,3)21(24)27-23/h6-7,10,12-13,19H,5,8-9,11H2,1-4H3,(H2,24,27)/t19-,23-/m1/s1. The summed E-state index contributed by atoms with van der Waals surface area (Å²) in [5.74, 6) is 0.748. The minimum atomic E-state index is -3.66. The van der Waals surface area contributed by atoms with E-state index in [1.54, 1.807) is 39.0 Å². The van der Waals surface area contributed by atoms with Gasteiger partial charge in [-0.2, -0.15) is 0 Å². The van der Waals surface area contributed by atoms with E-state index in [0.29, 0.717) is 35.8 Å². The molecule has 1 aromatic heterocycles. The third kappa shape index (κ3) is 3.76. The van der Waals surface area contributed by atoms with Crippen LogP contribution in [0.3, 0.4) is 0 Å². The number of ketones is 1. The maximum Gasteiger partial charge on any atom is 0.232 e. The summed E-state index contributed by atoms with van der Waals surface area (Å²) in [7, 11) is -3.66. The van der Waals surface area contributed by atoms with Crippen LogP contribution in [0, 0.1) is 0 Å². The molecule has 0 amide bonds. The van der Waals surface area contributed by atoms with E-state index in [-0.39, 0.29) is 30.3 Å². The number of ether oxygens (including phenoxy) is 2. The Kier molecular flexibility index (Phi) is 5.68. The number of Topliss-reactive ketones (excluding diaryl/α,β-unsaturated/α-hetero) is 1. The van der Waals surface area contributed by atoms with Crippen molar-refractivity contribution in [2.75, 3.05) is 13.2 Å². The first-order chi connectivity index (χ1) is 15.5. The molecule has 0 radical (unpaired) electrons. The number of hydrogen-bond donors (Lipinski definition) is 1. The molecule has 0 saturated carbocycles. The summed E-state index contributed by atoms with van der Waals surface area (Å²) in [5, 5.41) is -0.795. The van der Waals surface area contributed by atoms with Crippen LogP contribution < -0.4 is 15.2 Å². The SMILES string of the molecule is CCOc1cnc(C(=O)Cc2ccc3c(c2)[C@@]2(C)N=C(N)C(C)(C)S(=O)(=O)[C@@H]2CCO3)cn1. The molecule has 33 heavy (non-hydrogen) atoms. The van der Waals surface area contributed by atoms with Gasteiger partial charge in [0.05, 0.1) is 30.9 Å². The number of fused-ring (bicyclic) bond motifs is 3. The first kappa shape index (κ1) is 23.2. The summed E-state index contributed by atoms with van der Waals surface area (Å²) in [5.41, 5.74) is 6.56. The van der Waals surface area contributed by atoms with E-state index in [9.17, 15) is 13.2 Å². The van der Waals surface area contributed by atoms with Gasteiger partial charge in [-0.25, -0.2) is 18.4 Å². The maximum atomic E-state index is 13.5. The Labute approximate surface area is 193 Å². The number of sulfone groups is 1. The fourth-order valence-electron chi connectivity index (χ4n) is 4.37. The minimum absolute atomic E-state index is 0.0636. The minimum Gasteiger partial charge on any atom is -0.493 e. The van der Waals surface area contributed by atoms with Gasteiger partial charge >= 0.3 is 0 Å². The molecule has 0 bridgehead atoms. The molecular formula is C23H28N4O5S. The molecular weight excluding hydrogens is 444 g/mol. The zero-order valence-corrected chi connectivity index (χ0v) is 20.0. The summed E-state index contributed by atoms with van der Waals surface area (Å²) in [6, 6.07) is 5.34. The van der Waals surface area contributed by atoms with Crippen molar-refractivity contribution in [2.45, 2.75) is 56.1 Å². The number of rotatable bonds is 5. The highest BCUT2D eigenvalue weighted by atomic mass is 32.2. The Hall–Kier alpha value is -3.01. The van der Waals surface area contributed by atoms with Gasteiger partial charge in [-0.15, -0.1) is 0 Å². The second-order valence-corrected chi connectivity index (χ2v) is 11.6. The van der Waals surface area contributed by atoms with Gasteiger partial charge in [0, 0.05) is 18.4 Å². The average Bonchev–Trinajstić information content (AvgIpc) is 2.90. The number of nitrogens with zero attached hydrogens (tertiary/aromatic N) is 3. The molecule has 0 saturated heterocycles. The van der Waals surface area contributed by atoms with Gasteiger partial charge < -0.3 is 15.2 Å². The Morgan fingerprint density at radius 2 is 2.00 bits per heavy atom. The van der Waals surface area contributed by atoms with Crippen LogP contribution in [0.1, 0.15) is 55.7 Å². The molecule has 176 valence electrons. The van der Waals surface area contributed by atoms with Crippen molar-refractivity contribution in [1.29, 1.82) is 0 Å². The topological polar surface area (TPSA) is 134 Å². The van der Waals surface area contributed by atoms with Gasteiger partial charge in [0.1, 0.15) is 27.6 Å². The number of aromatic nitrogens is 2. The lowest BCUT2D eigenvalue weighted by Crippen LogP contribution is -2.59. The first-order valence-corrected chi connectivity index (χ1v) is 12.4. The van der Waals surface area contributed by atoms with Crippen molar-refractivity contribution >= 4 is 21.5 Å². The van der Waals surface area contributed by atoms with Crippen LogP contribution in [-0.4, -0.2) is 53.2 Å². The number of nitrogens with two attached hydrogens (primary N) is 1. The van der Waals surface area contributed by atoms with Gasteiger partial charge in [0.25, 0.3) is 0 Å². The molecule has 0 aliphatic carbocycles. The van der Waals surface area contributed by atoms with E-state index in [1.165, 1.54) is 12.4 Å². The maximum absolute atomic E-state index is 13.5. The van der Waals surface area contributed by atoms with Crippen molar-refractivity contribution in [3.63, 3.8) is 0 Å². The Morgan fingerprint density at radius 1 is 1.24 bits per heavy atom. The third-order valence-electron chi connectivity index (χ3n) is 6.48. The van der Waals surface area contributed by atoms with Crippen LogP contribution in [0.25, 0.3) is 0 Å². The van der Waals surface area contributed by atoms with E-state index in [1.807, 2.05) is 6.92 Å². The lowest BCUT2D eigenvalue weighted by Gasteiger charge is -2.43. The lowest BCUT2D eigenvalue weighted by molar-refractivity contribution is 0.0987. The molecule has 2 aliphatic rings. The fraction of sp³-hybridized carbons (Fsp3) is 0.478. The van der Waals surface area contributed by atoms with E-state index in [0.717, 1.165) is 0 Å². The number of carbonyl (C=O) groups is 1. The highest BCUT2D eigenvalue weighted by Gasteiger charge is 2.57. The monoisotopic (exact) mass is 472 g/mol. The molecule has 2 N–H and O–H groups in total. The zero-order valence-electron chi connectivity index (χ0n) is 19.2. The smallest absolute Gasteiger partial charge is 0.232 e. The summed E-state index contributed by atoms with van der Waals surface area (Å²) in [6.07, 6.45) is 3.16. The van der Waals surface area contributed by atoms with Gasteiger partial charge in [0.15, 0.2) is 15.6 Å². The highest BCUT2D eigenvalue weighted by molar-refractivity contribution is 7.94. The first-order valence-electron chi connectivity index (χ1n) is 10.8. The summed E-state index contributed by atoms with van der Waals surface area (Å²) in [4.78, 5) is 25.7. The second kappa shape index (κ2) is 8.09. The molecule has 0 fully saturated rings. The van der Waals surface area contributed by atoms with Crippen molar-refractivity contribution in [3.8, 4) is 11.6 Å². The molecule has 2 aromatic rings. The Morgan fingerprint density at radius 3 is 2.67 bits per heavy atom. The predicted octanol–water partition coefficient (Wildman–Crippen LogP) is 2.23. The third-order valence-corrected chi connectivity index (χ3v) is 9.56. The largest absolute Gasteiger partial charge is 0.493 e. The van der Waals surface area contributed by atoms with Gasteiger partial charge in [-0.05, 0) is 45.4 Å². The van der Waals surface area contributed by atoms with E-state index >= 15 is 0 Å². The van der Waals surface area contributed by atoms with Gasteiger partial charge in [-0.3, -0.25) is 9.79 Å². The normalized spacial score (nSPS) is 25.0. The molecule has 3 heterocycles. The van der Waals surface area contributed by atoms with Crippen molar-refractivity contribution in [3.05, 3.63) is 47.4 Å². The molecule has 2 aliphatic heterocycles. The molecule has 10 heteroatoms. The van der Waals surface area contributed by atoms with E-state index in [4.69, 9.17) is 20.2 Å². The zero-order chi connectivity index (χ0) is 24.0. The number of aliphatic imine (C=N–C) groups is 1. The van der Waals surface area contributed by atoms with Crippen LogP contribution in [0.15, 0.2) is 35.6 Å². The van der Waals surface area contributed by atoms with Crippen molar-refractivity contribution < 1.29 is 22.7 Å². The molecule has 4 rings (SSSR count). The second-order valence-electron chi connectivity index (χ2n) is 8.93. The van der Waals surface area contributed by atoms with Crippen molar-refractivity contribution in [2.24, 2.45) is 10.7 Å². The lowest BCUT2D eigenvalue weighted by atomic mass is 9.85. The van der Waals surface area contributed by atoms with Gasteiger partial charge in [-0.1, -0.05) is 6.07 Å². The van der Waals surface area contributed by atoms with Crippen LogP contribution in [0.5, 0.6) is 11.6 Å². The Balaban J connectivity index is 1.71. The number of hydrogen-bond acceptors (Lipinski definition) is 9. The molecule has 0 unspecified atom stereocenters. The molecule has 1 aromatic carbocycles. The quantitative estimate of drug-likeness (QED) is 0.655. The van der Waals surface area contributed by atoms with Crippen LogP contribution in [0.4, 0.5) is 0 Å². The summed E-state index contributed by atoms with van der Waals surface area (Å²) < 4.78 is 36.8.